The maximum Gasteiger partial charge on any atom is 0.248 e. The molecule has 0 unspecified atom stereocenters. The van der Waals surface area contributed by atoms with E-state index in [1.54, 1.807) is 18.2 Å². The molecule has 1 aromatic carbocycles. The van der Waals surface area contributed by atoms with Crippen molar-refractivity contribution in [2.75, 3.05) is 0 Å². The smallest absolute Gasteiger partial charge is 0.248 e. The predicted molar refractivity (Wildman–Crippen MR) is 52.1 cm³/mol. The number of H-pyrrole nitrogens is 1. The molecule has 0 spiro atoms. The Labute approximate surface area is 78.2 Å². The highest BCUT2D eigenvalue weighted by molar-refractivity contribution is 5.85. The fraction of sp³-hybridized carbons (Fsp3) is 0. The number of rotatable bonds is 0. The number of benzene rings is 1. The zero-order chi connectivity index (χ0) is 9.54. The monoisotopic (exact) mass is 186 g/mol. The van der Waals surface area contributed by atoms with E-state index in [0.717, 1.165) is 0 Å². The Morgan fingerprint density at radius 2 is 2.14 bits per heavy atom. The van der Waals surface area contributed by atoms with Gasteiger partial charge in [0.1, 0.15) is 5.58 Å². The van der Waals surface area contributed by atoms with Gasteiger partial charge < -0.3 is 9.40 Å². The lowest BCUT2D eigenvalue weighted by Gasteiger charge is -1.94. The van der Waals surface area contributed by atoms with Gasteiger partial charge >= 0.3 is 0 Å². The van der Waals surface area contributed by atoms with Crippen LogP contribution in [0.3, 0.4) is 0 Å². The Morgan fingerprint density at radius 3 is 3.07 bits per heavy atom. The first-order valence-corrected chi connectivity index (χ1v) is 4.21. The topological polar surface area (TPSA) is 58.9 Å². The number of hydrogen-bond acceptors (Lipinski definition) is 3. The van der Waals surface area contributed by atoms with E-state index in [0.29, 0.717) is 22.2 Å². The normalized spacial score (nSPS) is 11.1. The van der Waals surface area contributed by atoms with Crippen LogP contribution in [0.1, 0.15) is 0 Å². The second-order valence-electron chi connectivity index (χ2n) is 3.01. The molecule has 0 saturated carbocycles. The van der Waals surface area contributed by atoms with Gasteiger partial charge in [0.25, 0.3) is 0 Å². The number of nitrogens with one attached hydrogen (secondary N) is 1. The van der Waals surface area contributed by atoms with Crippen molar-refractivity contribution in [1.29, 1.82) is 0 Å². The summed E-state index contributed by atoms with van der Waals surface area (Å²) in [5.41, 5.74) is 1.27. The zero-order valence-corrected chi connectivity index (χ0v) is 7.15. The van der Waals surface area contributed by atoms with Gasteiger partial charge in [0, 0.05) is 0 Å². The molecule has 3 rings (SSSR count). The first-order chi connectivity index (χ1) is 6.86. The third-order valence-electron chi connectivity index (χ3n) is 2.17. The molecule has 0 radical (unpaired) electrons. The molecule has 68 valence electrons. The average molecular weight is 186 g/mol. The van der Waals surface area contributed by atoms with Crippen LogP contribution in [-0.4, -0.2) is 9.97 Å². The minimum atomic E-state index is -0.0700. The number of aromatic amines is 1. The Kier molecular flexibility index (Phi) is 1.28. The van der Waals surface area contributed by atoms with Crippen molar-refractivity contribution in [3.8, 4) is 0 Å². The van der Waals surface area contributed by atoms with E-state index in [9.17, 15) is 4.79 Å². The van der Waals surface area contributed by atoms with Crippen molar-refractivity contribution in [3.05, 3.63) is 40.8 Å². The molecule has 0 amide bonds. The minimum absolute atomic E-state index is 0.0700. The highest BCUT2D eigenvalue weighted by Crippen LogP contribution is 2.14. The second kappa shape index (κ2) is 2.45. The summed E-state index contributed by atoms with van der Waals surface area (Å²) in [4.78, 5) is 18.5. The summed E-state index contributed by atoms with van der Waals surface area (Å²) in [6.45, 7) is 0. The second-order valence-corrected chi connectivity index (χ2v) is 3.01. The molecule has 1 N–H and O–H groups in total. The Balaban J connectivity index is 2.70. The molecule has 14 heavy (non-hydrogen) atoms. The first kappa shape index (κ1) is 7.32. The molecule has 3 aromatic rings. The van der Waals surface area contributed by atoms with Gasteiger partial charge in [-0.05, 0) is 12.1 Å². The van der Waals surface area contributed by atoms with E-state index >= 15 is 0 Å². The van der Waals surface area contributed by atoms with Crippen LogP contribution in [-0.2, 0) is 0 Å². The van der Waals surface area contributed by atoms with E-state index in [1.807, 2.05) is 6.07 Å². The lowest BCUT2D eigenvalue weighted by Crippen LogP contribution is -2.01. The molecule has 0 atom stereocenters. The van der Waals surface area contributed by atoms with Crippen LogP contribution in [0, 0.1) is 0 Å². The predicted octanol–water partition coefficient (Wildman–Crippen LogP) is 1.67. The maximum absolute atomic E-state index is 11.8. The van der Waals surface area contributed by atoms with Crippen molar-refractivity contribution >= 4 is 22.2 Å². The van der Waals surface area contributed by atoms with Gasteiger partial charge in [-0.25, -0.2) is 4.98 Å². The summed E-state index contributed by atoms with van der Waals surface area (Å²) < 4.78 is 5.42. The van der Waals surface area contributed by atoms with E-state index < -0.39 is 0 Å². The number of fused-ring (bicyclic) bond motifs is 2. The van der Waals surface area contributed by atoms with E-state index in [4.69, 9.17) is 4.42 Å². The Hall–Kier alpha value is -2.10. The summed E-state index contributed by atoms with van der Waals surface area (Å²) in [7, 11) is 0. The van der Waals surface area contributed by atoms with Crippen molar-refractivity contribution in [1.82, 2.24) is 9.97 Å². The number of imidazole rings is 1. The largest absolute Gasteiger partial charge is 0.436 e. The molecule has 0 aliphatic carbocycles. The highest BCUT2D eigenvalue weighted by Gasteiger charge is 2.07. The van der Waals surface area contributed by atoms with Crippen molar-refractivity contribution in [2.45, 2.75) is 0 Å². The van der Waals surface area contributed by atoms with Gasteiger partial charge in [0.05, 0.1) is 11.7 Å². The molecular formula is C10H6N2O2. The molecule has 4 nitrogen and oxygen atoms in total. The summed E-state index contributed by atoms with van der Waals surface area (Å²) in [5, 5.41) is 0.573. The van der Waals surface area contributed by atoms with Gasteiger partial charge in [0.15, 0.2) is 5.52 Å². The summed E-state index contributed by atoms with van der Waals surface area (Å²) in [6.07, 6.45) is 1.45. The average Bonchev–Trinajstić information content (AvgIpc) is 2.66. The van der Waals surface area contributed by atoms with Crippen LogP contribution in [0.2, 0.25) is 0 Å². The van der Waals surface area contributed by atoms with E-state index in [2.05, 4.69) is 9.97 Å². The molecule has 2 heterocycles. The van der Waals surface area contributed by atoms with Crippen LogP contribution in [0.25, 0.3) is 22.2 Å². The molecule has 2 aromatic heterocycles. The number of para-hydroxylation sites is 1. The van der Waals surface area contributed by atoms with Crippen LogP contribution >= 0.6 is 0 Å². The molecule has 0 saturated heterocycles. The SMILES string of the molecule is O=c1c2ccccc2oc2nc[nH]c12. The maximum atomic E-state index is 11.8. The van der Waals surface area contributed by atoms with Crippen LogP contribution in [0.5, 0.6) is 0 Å². The third-order valence-corrected chi connectivity index (χ3v) is 2.17. The molecular weight excluding hydrogens is 180 g/mol. The van der Waals surface area contributed by atoms with Crippen LogP contribution < -0.4 is 5.43 Å². The molecule has 4 heteroatoms. The summed E-state index contributed by atoms with van der Waals surface area (Å²) in [6, 6.07) is 7.12. The van der Waals surface area contributed by atoms with Gasteiger partial charge in [-0.15, -0.1) is 0 Å². The highest BCUT2D eigenvalue weighted by atomic mass is 16.3. The number of hydrogen-bond donors (Lipinski definition) is 1. The minimum Gasteiger partial charge on any atom is -0.436 e. The standard InChI is InChI=1S/C10H6N2O2/c13-9-6-3-1-2-4-7(6)14-10-8(9)11-5-12-10/h1-5H,(H,11,12). The van der Waals surface area contributed by atoms with Gasteiger partial charge in [0.2, 0.25) is 11.1 Å². The van der Waals surface area contributed by atoms with Crippen LogP contribution in [0.15, 0.2) is 39.8 Å². The van der Waals surface area contributed by atoms with E-state index in [1.165, 1.54) is 6.33 Å². The van der Waals surface area contributed by atoms with Gasteiger partial charge in [-0.1, -0.05) is 12.1 Å². The van der Waals surface area contributed by atoms with Crippen molar-refractivity contribution < 1.29 is 4.42 Å². The quantitative estimate of drug-likeness (QED) is 0.581. The lowest BCUT2D eigenvalue weighted by molar-refractivity contribution is 0.647. The Morgan fingerprint density at radius 1 is 1.29 bits per heavy atom. The molecule has 0 fully saturated rings. The van der Waals surface area contributed by atoms with Gasteiger partial charge in [-0.3, -0.25) is 4.79 Å². The number of nitrogens with zero attached hydrogens (tertiary/aromatic N) is 1. The van der Waals surface area contributed by atoms with Crippen molar-refractivity contribution in [3.63, 3.8) is 0 Å². The third kappa shape index (κ3) is 0.821. The van der Waals surface area contributed by atoms with Crippen molar-refractivity contribution in [2.24, 2.45) is 0 Å². The molecule has 0 bridgehead atoms. The number of aromatic nitrogens is 2. The summed E-state index contributed by atoms with van der Waals surface area (Å²) in [5.74, 6) is 0. The van der Waals surface area contributed by atoms with Gasteiger partial charge in [-0.2, -0.15) is 0 Å². The fourth-order valence-corrected chi connectivity index (χ4v) is 1.50. The van der Waals surface area contributed by atoms with E-state index in [-0.39, 0.29) is 5.43 Å². The lowest BCUT2D eigenvalue weighted by atomic mass is 10.2. The first-order valence-electron chi connectivity index (χ1n) is 4.21. The van der Waals surface area contributed by atoms with Crippen LogP contribution in [0.4, 0.5) is 0 Å². The Bertz CT molecular complexity index is 666. The zero-order valence-electron chi connectivity index (χ0n) is 7.15. The molecule has 0 aliphatic rings. The fourth-order valence-electron chi connectivity index (χ4n) is 1.50. The molecule has 0 aliphatic heterocycles. The summed E-state index contributed by atoms with van der Waals surface area (Å²) >= 11 is 0.